The number of ether oxygens (including phenoxy) is 1. The van der Waals surface area contributed by atoms with Crippen molar-refractivity contribution in [3.63, 3.8) is 0 Å². The third kappa shape index (κ3) is 21.2. The number of nitrogens with one attached hydrogen (secondary N) is 1. The Morgan fingerprint density at radius 2 is 1.12 bits per heavy atom. The molecule has 0 aliphatic heterocycles. The first-order valence-electron chi connectivity index (χ1n) is 17.0. The van der Waals surface area contributed by atoms with Gasteiger partial charge in [0.15, 0.2) is 0 Å². The highest BCUT2D eigenvalue weighted by Crippen LogP contribution is 2.29. The first-order valence-corrected chi connectivity index (χ1v) is 17.0. The van der Waals surface area contributed by atoms with Crippen molar-refractivity contribution in [3.05, 3.63) is 0 Å². The fraction of sp³-hybridized carbons (Fsp3) is 0.912. The number of carbonyl (C=O) groups excluding carboxylic acids is 2. The van der Waals surface area contributed by atoms with Crippen LogP contribution in [0.1, 0.15) is 168 Å². The van der Waals surface area contributed by atoms with Crippen LogP contribution in [0, 0.1) is 17.8 Å². The summed E-state index contributed by atoms with van der Waals surface area (Å²) in [6, 6.07) is 0. The van der Waals surface area contributed by atoms with Crippen LogP contribution in [-0.2, 0) is 19.1 Å². The lowest BCUT2D eigenvalue weighted by molar-refractivity contribution is -0.149. The van der Waals surface area contributed by atoms with Gasteiger partial charge in [0.25, 0.3) is 0 Å². The van der Waals surface area contributed by atoms with E-state index in [2.05, 4.69) is 17.0 Å². The molecule has 0 aromatic rings. The zero-order valence-corrected chi connectivity index (χ0v) is 26.8. The molecule has 0 spiro atoms. The number of unbranched alkanes of at least 4 members (excludes halogenated alkanes) is 18. The van der Waals surface area contributed by atoms with Gasteiger partial charge in [-0.3, -0.25) is 14.4 Å². The van der Waals surface area contributed by atoms with Crippen molar-refractivity contribution >= 4 is 17.8 Å². The van der Waals surface area contributed by atoms with Gasteiger partial charge in [0.2, 0.25) is 5.91 Å². The van der Waals surface area contributed by atoms with E-state index < -0.39 is 17.8 Å². The van der Waals surface area contributed by atoms with Gasteiger partial charge in [-0.15, -0.1) is 0 Å². The number of methoxy groups -OCH3 is 1. The molecule has 0 radical (unpaired) electrons. The lowest BCUT2D eigenvalue weighted by atomic mass is 9.77. The minimum absolute atomic E-state index is 0.0126. The smallest absolute Gasteiger partial charge is 0.307 e. The number of hydrogen-bond acceptors (Lipinski definition) is 4. The Morgan fingerprint density at radius 1 is 0.675 bits per heavy atom. The standard InChI is InChI=1S/C34H65NO5/c1-5-7-8-9-10-11-12-13-14-15-16-19-22-25-28-35-33(37)29(3)32(34(38)39)30(6-2)26-23-20-17-18-21-24-27-31(36)40-4/h29-30,32H,5-28H2,1-4H3,(H,35,37)(H,38,39). The van der Waals surface area contributed by atoms with Crippen molar-refractivity contribution in [3.8, 4) is 0 Å². The van der Waals surface area contributed by atoms with Crippen LogP contribution < -0.4 is 5.32 Å². The number of amides is 1. The number of esters is 1. The molecule has 3 unspecified atom stereocenters. The predicted molar refractivity (Wildman–Crippen MR) is 166 cm³/mol. The first-order chi connectivity index (χ1) is 19.4. The number of rotatable bonds is 29. The first kappa shape index (κ1) is 38.4. The third-order valence-corrected chi connectivity index (χ3v) is 8.53. The number of carboxylic acid groups (broad SMARTS) is 1. The van der Waals surface area contributed by atoms with Gasteiger partial charge in [-0.05, 0) is 25.2 Å². The topological polar surface area (TPSA) is 92.7 Å². The number of hydrogen-bond donors (Lipinski definition) is 2. The van der Waals surface area contributed by atoms with Crippen LogP contribution in [0.15, 0.2) is 0 Å². The maximum atomic E-state index is 12.8. The molecule has 0 rings (SSSR count). The maximum Gasteiger partial charge on any atom is 0.307 e. The van der Waals surface area contributed by atoms with Crippen molar-refractivity contribution in [1.29, 1.82) is 0 Å². The summed E-state index contributed by atoms with van der Waals surface area (Å²) in [7, 11) is 1.42. The SMILES string of the molecule is CCCCCCCCCCCCCCCCNC(=O)C(C)C(C(=O)O)C(CC)CCCCCCCCC(=O)OC. The molecule has 0 aromatic heterocycles. The van der Waals surface area contributed by atoms with Crippen LogP contribution in [0.25, 0.3) is 0 Å². The number of carboxylic acids is 1. The summed E-state index contributed by atoms with van der Waals surface area (Å²) in [6.45, 7) is 6.72. The van der Waals surface area contributed by atoms with Gasteiger partial charge in [-0.25, -0.2) is 0 Å². The van der Waals surface area contributed by atoms with Gasteiger partial charge in [0.05, 0.1) is 13.0 Å². The van der Waals surface area contributed by atoms with Gasteiger partial charge in [-0.1, -0.05) is 143 Å². The van der Waals surface area contributed by atoms with Crippen LogP contribution in [0.5, 0.6) is 0 Å². The van der Waals surface area contributed by atoms with Crippen LogP contribution in [0.4, 0.5) is 0 Å². The van der Waals surface area contributed by atoms with E-state index in [4.69, 9.17) is 0 Å². The van der Waals surface area contributed by atoms with E-state index >= 15 is 0 Å². The molecule has 1 amide bonds. The average Bonchev–Trinajstić information content (AvgIpc) is 2.94. The molecule has 2 N–H and O–H groups in total. The summed E-state index contributed by atoms with van der Waals surface area (Å²) in [4.78, 5) is 36.1. The molecule has 0 aromatic carbocycles. The molecule has 3 atom stereocenters. The Morgan fingerprint density at radius 3 is 1.57 bits per heavy atom. The Bertz CT molecular complexity index is 623. The molecule has 40 heavy (non-hydrogen) atoms. The van der Waals surface area contributed by atoms with Crippen LogP contribution >= 0.6 is 0 Å². The van der Waals surface area contributed by atoms with Gasteiger partial charge < -0.3 is 15.2 Å². The molecule has 236 valence electrons. The van der Waals surface area contributed by atoms with Gasteiger partial charge in [-0.2, -0.15) is 0 Å². The highest BCUT2D eigenvalue weighted by atomic mass is 16.5. The molecule has 0 saturated carbocycles. The maximum absolute atomic E-state index is 12.8. The zero-order chi connectivity index (χ0) is 29.8. The van der Waals surface area contributed by atoms with E-state index in [0.29, 0.717) is 13.0 Å². The van der Waals surface area contributed by atoms with Crippen LogP contribution in [-0.4, -0.2) is 36.6 Å². The van der Waals surface area contributed by atoms with E-state index in [1.165, 1.54) is 84.2 Å². The molecular weight excluding hydrogens is 502 g/mol. The molecule has 6 nitrogen and oxygen atoms in total. The van der Waals surface area contributed by atoms with E-state index in [0.717, 1.165) is 64.2 Å². The lowest BCUT2D eigenvalue weighted by Crippen LogP contribution is -2.40. The van der Waals surface area contributed by atoms with Crippen molar-refractivity contribution < 1.29 is 24.2 Å². The van der Waals surface area contributed by atoms with Crippen molar-refractivity contribution in [2.24, 2.45) is 17.8 Å². The lowest BCUT2D eigenvalue weighted by Gasteiger charge is -2.27. The van der Waals surface area contributed by atoms with Crippen molar-refractivity contribution in [2.45, 2.75) is 168 Å². The molecule has 0 aliphatic rings. The van der Waals surface area contributed by atoms with Gasteiger partial charge in [0.1, 0.15) is 0 Å². The van der Waals surface area contributed by atoms with Crippen molar-refractivity contribution in [1.82, 2.24) is 5.32 Å². The Kier molecular flexibility index (Phi) is 26.5. The average molecular weight is 568 g/mol. The largest absolute Gasteiger partial charge is 0.481 e. The second-order valence-corrected chi connectivity index (χ2v) is 11.9. The second-order valence-electron chi connectivity index (χ2n) is 11.9. The van der Waals surface area contributed by atoms with E-state index in [9.17, 15) is 19.5 Å². The summed E-state index contributed by atoms with van der Waals surface area (Å²) < 4.78 is 4.66. The third-order valence-electron chi connectivity index (χ3n) is 8.53. The molecule has 0 saturated heterocycles. The molecule has 0 fully saturated rings. The molecular formula is C34H65NO5. The van der Waals surface area contributed by atoms with Crippen LogP contribution in [0.2, 0.25) is 0 Å². The summed E-state index contributed by atoms with van der Waals surface area (Å²) in [6.07, 6.45) is 26.4. The van der Waals surface area contributed by atoms with Gasteiger partial charge >= 0.3 is 11.9 Å². The zero-order valence-electron chi connectivity index (χ0n) is 26.8. The highest BCUT2D eigenvalue weighted by Gasteiger charge is 2.35. The molecule has 0 aliphatic carbocycles. The fourth-order valence-electron chi connectivity index (χ4n) is 5.80. The van der Waals surface area contributed by atoms with Crippen molar-refractivity contribution in [2.75, 3.05) is 13.7 Å². The fourth-order valence-corrected chi connectivity index (χ4v) is 5.80. The number of aliphatic carboxylic acids is 1. The second kappa shape index (κ2) is 27.6. The normalized spacial score (nSPS) is 13.5. The van der Waals surface area contributed by atoms with E-state index in [-0.39, 0.29) is 17.8 Å². The van der Waals surface area contributed by atoms with E-state index in [1.54, 1.807) is 6.92 Å². The van der Waals surface area contributed by atoms with E-state index in [1.807, 2.05) is 6.92 Å². The Hall–Kier alpha value is -1.59. The Balaban J connectivity index is 4.00. The monoisotopic (exact) mass is 567 g/mol. The van der Waals surface area contributed by atoms with Crippen LogP contribution in [0.3, 0.4) is 0 Å². The quantitative estimate of drug-likeness (QED) is 0.0694. The summed E-state index contributed by atoms with van der Waals surface area (Å²) >= 11 is 0. The summed E-state index contributed by atoms with van der Waals surface area (Å²) in [5, 5.41) is 13.0. The minimum atomic E-state index is -0.853. The predicted octanol–water partition coefficient (Wildman–Crippen LogP) is 9.24. The Labute approximate surface area is 247 Å². The molecule has 6 heteroatoms. The molecule has 0 heterocycles. The molecule has 0 bridgehead atoms. The minimum Gasteiger partial charge on any atom is -0.481 e. The van der Waals surface area contributed by atoms with Gasteiger partial charge in [0, 0.05) is 18.9 Å². The highest BCUT2D eigenvalue weighted by molar-refractivity contribution is 5.84. The summed E-state index contributed by atoms with van der Waals surface area (Å²) in [5.74, 6) is -2.27. The summed E-state index contributed by atoms with van der Waals surface area (Å²) in [5.41, 5.74) is 0. The number of carbonyl (C=O) groups is 3.